The third-order valence-electron chi connectivity index (χ3n) is 3.91. The van der Waals surface area contributed by atoms with Gasteiger partial charge in [0.2, 0.25) is 0 Å². The van der Waals surface area contributed by atoms with Gasteiger partial charge in [0.05, 0.1) is 13.3 Å². The summed E-state index contributed by atoms with van der Waals surface area (Å²) < 4.78 is 11.0. The summed E-state index contributed by atoms with van der Waals surface area (Å²) in [5.74, 6) is 0.602. The molecule has 8 nitrogen and oxygen atoms in total. The Morgan fingerprint density at radius 1 is 1.04 bits per heavy atom. The van der Waals surface area contributed by atoms with Gasteiger partial charge in [0.25, 0.3) is 17.7 Å². The molecule has 0 aliphatic heterocycles. The van der Waals surface area contributed by atoms with Crippen molar-refractivity contribution in [1.29, 1.82) is 0 Å². The number of aromatic nitrogens is 4. The lowest BCUT2D eigenvalue weighted by molar-refractivity contribution is 0.0881. The fourth-order valence-electron chi connectivity index (χ4n) is 2.69. The van der Waals surface area contributed by atoms with E-state index in [9.17, 15) is 4.79 Å². The molecule has 24 heavy (non-hydrogen) atoms. The Bertz CT molecular complexity index is 674. The molecule has 1 fully saturated rings. The summed E-state index contributed by atoms with van der Waals surface area (Å²) in [6.45, 7) is 0. The predicted molar refractivity (Wildman–Crippen MR) is 84.8 cm³/mol. The zero-order valence-electron chi connectivity index (χ0n) is 13.4. The van der Waals surface area contributed by atoms with E-state index in [1.807, 2.05) is 0 Å². The van der Waals surface area contributed by atoms with Gasteiger partial charge in [-0.2, -0.15) is 0 Å². The van der Waals surface area contributed by atoms with Crippen LogP contribution in [0.2, 0.25) is 0 Å². The Balaban J connectivity index is 1.50. The number of nitrogens with zero attached hydrogens (tertiary/aromatic N) is 4. The number of amides is 1. The minimum absolute atomic E-state index is 0.0419. The molecule has 1 saturated carbocycles. The molecule has 2 aromatic rings. The Hall–Kier alpha value is -2.77. The van der Waals surface area contributed by atoms with E-state index in [0.717, 1.165) is 25.7 Å². The maximum Gasteiger partial charge on any atom is 0.278 e. The summed E-state index contributed by atoms with van der Waals surface area (Å²) in [5, 5.41) is 2.99. The van der Waals surface area contributed by atoms with Crippen molar-refractivity contribution >= 4 is 5.91 Å². The van der Waals surface area contributed by atoms with Gasteiger partial charge < -0.3 is 14.8 Å². The molecule has 126 valence electrons. The highest BCUT2D eigenvalue weighted by Gasteiger charge is 2.25. The molecule has 1 aliphatic carbocycles. The van der Waals surface area contributed by atoms with Crippen LogP contribution in [-0.2, 0) is 0 Å². The van der Waals surface area contributed by atoms with E-state index in [2.05, 4.69) is 25.3 Å². The molecule has 2 heterocycles. The van der Waals surface area contributed by atoms with Gasteiger partial charge in [-0.25, -0.2) is 15.0 Å². The second kappa shape index (κ2) is 7.67. The molecular formula is C16H19N5O3. The molecule has 0 saturated heterocycles. The molecule has 0 aromatic carbocycles. The zero-order valence-corrected chi connectivity index (χ0v) is 13.4. The maximum absolute atomic E-state index is 12.1. The lowest BCUT2D eigenvalue weighted by Gasteiger charge is -2.29. The van der Waals surface area contributed by atoms with Gasteiger partial charge in [-0.3, -0.25) is 9.78 Å². The summed E-state index contributed by atoms with van der Waals surface area (Å²) in [4.78, 5) is 28.2. The van der Waals surface area contributed by atoms with Crippen LogP contribution < -0.4 is 14.8 Å². The van der Waals surface area contributed by atoms with Crippen LogP contribution in [0.4, 0.5) is 0 Å². The maximum atomic E-state index is 12.1. The Labute approximate surface area is 139 Å². The average molecular weight is 329 g/mol. The van der Waals surface area contributed by atoms with Crippen molar-refractivity contribution in [2.24, 2.45) is 0 Å². The van der Waals surface area contributed by atoms with Gasteiger partial charge in [0.1, 0.15) is 11.8 Å². The lowest BCUT2D eigenvalue weighted by Crippen LogP contribution is -2.40. The summed E-state index contributed by atoms with van der Waals surface area (Å²) in [5.41, 5.74) is 0.333. The third kappa shape index (κ3) is 3.95. The molecular weight excluding hydrogens is 310 g/mol. The number of nitrogens with one attached hydrogen (secondary N) is 1. The van der Waals surface area contributed by atoms with E-state index >= 15 is 0 Å². The Kier molecular flexibility index (Phi) is 5.15. The zero-order chi connectivity index (χ0) is 16.8. The lowest BCUT2D eigenvalue weighted by atomic mass is 9.93. The first kappa shape index (κ1) is 16.1. The van der Waals surface area contributed by atoms with Crippen molar-refractivity contribution in [2.45, 2.75) is 37.8 Å². The largest absolute Gasteiger partial charge is 0.477 e. The molecule has 2 aromatic heterocycles. The first-order valence-corrected chi connectivity index (χ1v) is 7.85. The number of methoxy groups -OCH3 is 1. The standard InChI is InChI=1S/C16H19N5O3/c1-23-15-16(20-9-8-19-15)24-12-4-2-11(3-5-12)21-14(22)13-10-17-6-7-18-13/h6-12H,2-5H2,1H3,(H,21,22). The summed E-state index contributed by atoms with van der Waals surface area (Å²) >= 11 is 0. The second-order valence-corrected chi connectivity index (χ2v) is 5.53. The van der Waals surface area contributed by atoms with Gasteiger partial charge in [0, 0.05) is 30.8 Å². The van der Waals surface area contributed by atoms with Crippen LogP contribution in [0, 0.1) is 0 Å². The van der Waals surface area contributed by atoms with E-state index in [-0.39, 0.29) is 18.1 Å². The van der Waals surface area contributed by atoms with Crippen molar-refractivity contribution in [2.75, 3.05) is 7.11 Å². The van der Waals surface area contributed by atoms with Gasteiger partial charge in [-0.1, -0.05) is 0 Å². The van der Waals surface area contributed by atoms with Gasteiger partial charge in [-0.05, 0) is 25.7 Å². The van der Waals surface area contributed by atoms with Gasteiger partial charge in [0.15, 0.2) is 0 Å². The summed E-state index contributed by atoms with van der Waals surface area (Å²) in [7, 11) is 1.54. The minimum atomic E-state index is -0.192. The van der Waals surface area contributed by atoms with E-state index in [1.54, 1.807) is 18.6 Å². The van der Waals surface area contributed by atoms with Crippen LogP contribution in [0.5, 0.6) is 11.8 Å². The monoisotopic (exact) mass is 329 g/mol. The molecule has 3 rings (SSSR count). The van der Waals surface area contributed by atoms with E-state index < -0.39 is 0 Å². The SMILES string of the molecule is COc1nccnc1OC1CCC(NC(=O)c2cnccn2)CC1. The molecule has 1 N–H and O–H groups in total. The average Bonchev–Trinajstić information content (AvgIpc) is 2.64. The number of carbonyl (C=O) groups excluding carboxylic acids is 1. The highest BCUT2D eigenvalue weighted by Crippen LogP contribution is 2.27. The minimum Gasteiger partial charge on any atom is -0.477 e. The van der Waals surface area contributed by atoms with Crippen LogP contribution in [0.1, 0.15) is 36.2 Å². The first-order chi connectivity index (χ1) is 11.8. The van der Waals surface area contributed by atoms with E-state index in [4.69, 9.17) is 9.47 Å². The molecule has 0 unspecified atom stereocenters. The number of rotatable bonds is 5. The van der Waals surface area contributed by atoms with Crippen molar-refractivity contribution in [1.82, 2.24) is 25.3 Å². The van der Waals surface area contributed by atoms with Crippen molar-refractivity contribution in [3.8, 4) is 11.8 Å². The quantitative estimate of drug-likeness (QED) is 0.885. The van der Waals surface area contributed by atoms with Gasteiger partial charge >= 0.3 is 0 Å². The number of hydrogen-bond donors (Lipinski definition) is 1. The molecule has 0 atom stereocenters. The van der Waals surface area contributed by atoms with Gasteiger partial charge in [-0.15, -0.1) is 0 Å². The second-order valence-electron chi connectivity index (χ2n) is 5.53. The highest BCUT2D eigenvalue weighted by molar-refractivity contribution is 5.92. The topological polar surface area (TPSA) is 99.1 Å². The van der Waals surface area contributed by atoms with E-state index in [0.29, 0.717) is 17.5 Å². The van der Waals surface area contributed by atoms with Crippen LogP contribution >= 0.6 is 0 Å². The molecule has 0 radical (unpaired) electrons. The number of hydrogen-bond acceptors (Lipinski definition) is 7. The summed E-state index contributed by atoms with van der Waals surface area (Å²) in [6, 6.07) is 0.114. The van der Waals surface area contributed by atoms with Crippen LogP contribution in [-0.4, -0.2) is 45.1 Å². The van der Waals surface area contributed by atoms with Crippen molar-refractivity contribution in [3.63, 3.8) is 0 Å². The molecule has 8 heteroatoms. The molecule has 1 amide bonds. The van der Waals surface area contributed by atoms with Crippen molar-refractivity contribution in [3.05, 3.63) is 36.7 Å². The van der Waals surface area contributed by atoms with Crippen LogP contribution in [0.15, 0.2) is 31.0 Å². The highest BCUT2D eigenvalue weighted by atomic mass is 16.5. The third-order valence-corrected chi connectivity index (χ3v) is 3.91. The van der Waals surface area contributed by atoms with Crippen LogP contribution in [0.3, 0.4) is 0 Å². The first-order valence-electron chi connectivity index (χ1n) is 7.85. The fraction of sp³-hybridized carbons (Fsp3) is 0.438. The molecule has 0 bridgehead atoms. The Morgan fingerprint density at radius 3 is 2.42 bits per heavy atom. The number of carbonyl (C=O) groups is 1. The Morgan fingerprint density at radius 2 is 1.75 bits per heavy atom. The fourth-order valence-corrected chi connectivity index (χ4v) is 2.69. The molecule has 1 aliphatic rings. The predicted octanol–water partition coefficient (Wildman–Crippen LogP) is 1.40. The normalized spacial score (nSPS) is 20.2. The smallest absolute Gasteiger partial charge is 0.278 e. The summed E-state index contributed by atoms with van der Waals surface area (Å²) in [6.07, 6.45) is 11.0. The van der Waals surface area contributed by atoms with Crippen LogP contribution in [0.25, 0.3) is 0 Å². The van der Waals surface area contributed by atoms with Crippen molar-refractivity contribution < 1.29 is 14.3 Å². The molecule has 0 spiro atoms. The van der Waals surface area contributed by atoms with E-state index in [1.165, 1.54) is 19.5 Å². The number of ether oxygens (including phenoxy) is 2.